The van der Waals surface area contributed by atoms with Crippen molar-refractivity contribution in [3.8, 4) is 11.5 Å². The summed E-state index contributed by atoms with van der Waals surface area (Å²) in [5.74, 6) is -0.173. The van der Waals surface area contributed by atoms with E-state index in [1.807, 2.05) is 0 Å². The molecule has 0 saturated carbocycles. The van der Waals surface area contributed by atoms with Gasteiger partial charge in [-0.2, -0.15) is 0 Å². The Bertz CT molecular complexity index is 747. The lowest BCUT2D eigenvalue weighted by Gasteiger charge is -2.00. The summed E-state index contributed by atoms with van der Waals surface area (Å²) in [6.45, 7) is 0. The third-order valence-corrected chi connectivity index (χ3v) is 2.84. The Labute approximate surface area is 109 Å². The molecule has 0 aliphatic heterocycles. The number of carboxylic acids is 1. The third-order valence-electron chi connectivity index (χ3n) is 2.41. The zero-order chi connectivity index (χ0) is 12.7. The molecule has 3 aromatic heterocycles. The van der Waals surface area contributed by atoms with Crippen LogP contribution in [0.3, 0.4) is 0 Å². The molecule has 0 bridgehead atoms. The van der Waals surface area contributed by atoms with Gasteiger partial charge >= 0.3 is 5.97 Å². The molecule has 0 aliphatic rings. The molecule has 3 aromatic rings. The molecule has 3 heterocycles. The van der Waals surface area contributed by atoms with Gasteiger partial charge in [0.1, 0.15) is 0 Å². The smallest absolute Gasteiger partial charge is 0.356 e. The monoisotopic (exact) mass is 307 g/mol. The van der Waals surface area contributed by atoms with Gasteiger partial charge in [0.25, 0.3) is 0 Å². The standard InChI is InChI=1S/C11H6BrN3O3/c12-9-2-1-8(18-9)7-3-4-13-11-14-6(10(16)17)5-15(7)11/h1-5H,(H,16,17). The lowest BCUT2D eigenvalue weighted by molar-refractivity contribution is 0.0691. The second-order valence-electron chi connectivity index (χ2n) is 3.54. The van der Waals surface area contributed by atoms with Crippen molar-refractivity contribution < 1.29 is 14.3 Å². The van der Waals surface area contributed by atoms with Crippen molar-refractivity contribution in [2.24, 2.45) is 0 Å². The van der Waals surface area contributed by atoms with Crippen LogP contribution in [0.1, 0.15) is 10.5 Å². The molecule has 0 radical (unpaired) electrons. The molecule has 0 spiro atoms. The van der Waals surface area contributed by atoms with Gasteiger partial charge < -0.3 is 9.52 Å². The van der Waals surface area contributed by atoms with Gasteiger partial charge in [-0.1, -0.05) is 0 Å². The third kappa shape index (κ3) is 1.68. The Morgan fingerprint density at radius 2 is 2.22 bits per heavy atom. The highest BCUT2D eigenvalue weighted by atomic mass is 79.9. The van der Waals surface area contributed by atoms with Crippen molar-refractivity contribution >= 4 is 27.7 Å². The predicted octanol–water partition coefficient (Wildman–Crippen LogP) is 2.45. The fourth-order valence-electron chi connectivity index (χ4n) is 1.65. The largest absolute Gasteiger partial charge is 0.476 e. The minimum atomic E-state index is -1.09. The van der Waals surface area contributed by atoms with Crippen LogP contribution in [0, 0.1) is 0 Å². The van der Waals surface area contributed by atoms with Gasteiger partial charge in [-0.25, -0.2) is 14.8 Å². The second kappa shape index (κ2) is 3.95. The number of rotatable bonds is 2. The first-order valence-corrected chi connectivity index (χ1v) is 5.77. The normalized spacial score (nSPS) is 10.9. The molecule has 90 valence electrons. The maximum Gasteiger partial charge on any atom is 0.356 e. The first kappa shape index (κ1) is 11.0. The summed E-state index contributed by atoms with van der Waals surface area (Å²) in [6.07, 6.45) is 2.97. The number of hydrogen-bond donors (Lipinski definition) is 1. The average Bonchev–Trinajstić information content (AvgIpc) is 2.94. The van der Waals surface area contributed by atoms with Crippen LogP contribution in [0.5, 0.6) is 0 Å². The van der Waals surface area contributed by atoms with E-state index in [1.165, 1.54) is 6.20 Å². The summed E-state index contributed by atoms with van der Waals surface area (Å²) in [5.41, 5.74) is 0.631. The van der Waals surface area contributed by atoms with Crippen LogP contribution < -0.4 is 0 Å². The van der Waals surface area contributed by atoms with Gasteiger partial charge in [0.05, 0.1) is 5.69 Å². The van der Waals surface area contributed by atoms with Crippen LogP contribution in [-0.2, 0) is 0 Å². The molecule has 0 aliphatic carbocycles. The number of fused-ring (bicyclic) bond motifs is 1. The van der Waals surface area contributed by atoms with E-state index in [4.69, 9.17) is 9.52 Å². The fraction of sp³-hybridized carbons (Fsp3) is 0. The van der Waals surface area contributed by atoms with Crippen molar-refractivity contribution in [1.29, 1.82) is 0 Å². The number of furan rings is 1. The minimum Gasteiger partial charge on any atom is -0.476 e. The molecular weight excluding hydrogens is 302 g/mol. The number of carboxylic acid groups (broad SMARTS) is 1. The maximum absolute atomic E-state index is 10.9. The molecule has 18 heavy (non-hydrogen) atoms. The van der Waals surface area contributed by atoms with Gasteiger partial charge in [0, 0.05) is 12.4 Å². The SMILES string of the molecule is O=C(O)c1cn2c(-c3ccc(Br)o3)ccnc2n1. The first-order chi connectivity index (χ1) is 8.65. The van der Waals surface area contributed by atoms with E-state index < -0.39 is 5.97 Å². The molecule has 0 atom stereocenters. The predicted molar refractivity (Wildman–Crippen MR) is 65.3 cm³/mol. The second-order valence-corrected chi connectivity index (χ2v) is 4.32. The Hall–Kier alpha value is -2.15. The van der Waals surface area contributed by atoms with E-state index >= 15 is 0 Å². The summed E-state index contributed by atoms with van der Waals surface area (Å²) >= 11 is 3.22. The van der Waals surface area contributed by atoms with Crippen LogP contribution in [0.25, 0.3) is 17.2 Å². The van der Waals surface area contributed by atoms with Crippen LogP contribution >= 0.6 is 15.9 Å². The Kier molecular flexibility index (Phi) is 2.41. The molecule has 0 saturated heterocycles. The van der Waals surface area contributed by atoms with Crippen LogP contribution in [-0.4, -0.2) is 25.4 Å². The summed E-state index contributed by atoms with van der Waals surface area (Å²) in [6, 6.07) is 5.27. The lowest BCUT2D eigenvalue weighted by Crippen LogP contribution is -1.95. The van der Waals surface area contributed by atoms with E-state index in [9.17, 15) is 4.79 Å². The fourth-order valence-corrected chi connectivity index (χ4v) is 1.96. The quantitative estimate of drug-likeness (QED) is 0.786. The number of carbonyl (C=O) groups is 1. The number of nitrogens with zero attached hydrogens (tertiary/aromatic N) is 3. The van der Waals surface area contributed by atoms with E-state index in [-0.39, 0.29) is 5.69 Å². The number of imidazole rings is 1. The highest BCUT2D eigenvalue weighted by Crippen LogP contribution is 2.25. The van der Waals surface area contributed by atoms with Crippen molar-refractivity contribution in [2.75, 3.05) is 0 Å². The summed E-state index contributed by atoms with van der Waals surface area (Å²) in [4.78, 5) is 18.8. The number of aromatic carboxylic acids is 1. The molecular formula is C11H6BrN3O3. The van der Waals surface area contributed by atoms with E-state index in [0.717, 1.165) is 0 Å². The zero-order valence-electron chi connectivity index (χ0n) is 8.87. The van der Waals surface area contributed by atoms with Crippen LogP contribution in [0.15, 0.2) is 39.7 Å². The zero-order valence-corrected chi connectivity index (χ0v) is 10.5. The van der Waals surface area contributed by atoms with Gasteiger partial charge in [-0.3, -0.25) is 4.40 Å². The van der Waals surface area contributed by atoms with Gasteiger partial charge in [-0.15, -0.1) is 0 Å². The average molecular weight is 308 g/mol. The topological polar surface area (TPSA) is 80.6 Å². The molecule has 1 N–H and O–H groups in total. The highest BCUT2D eigenvalue weighted by Gasteiger charge is 2.14. The van der Waals surface area contributed by atoms with Gasteiger partial charge in [0.2, 0.25) is 5.78 Å². The molecule has 0 fully saturated rings. The molecule has 3 rings (SSSR count). The van der Waals surface area contributed by atoms with Crippen molar-refractivity contribution in [3.05, 3.63) is 41.0 Å². The number of hydrogen-bond acceptors (Lipinski definition) is 4. The first-order valence-electron chi connectivity index (χ1n) is 4.98. The summed E-state index contributed by atoms with van der Waals surface area (Å²) < 4.78 is 7.62. The highest BCUT2D eigenvalue weighted by molar-refractivity contribution is 9.10. The van der Waals surface area contributed by atoms with Gasteiger partial charge in [0.15, 0.2) is 16.1 Å². The maximum atomic E-state index is 10.9. The van der Waals surface area contributed by atoms with E-state index in [1.54, 1.807) is 28.8 Å². The molecule has 0 aromatic carbocycles. The van der Waals surface area contributed by atoms with Crippen molar-refractivity contribution in [3.63, 3.8) is 0 Å². The van der Waals surface area contributed by atoms with E-state index in [0.29, 0.717) is 21.9 Å². The van der Waals surface area contributed by atoms with Gasteiger partial charge in [-0.05, 0) is 34.1 Å². The van der Waals surface area contributed by atoms with Crippen molar-refractivity contribution in [2.45, 2.75) is 0 Å². The molecule has 7 heteroatoms. The van der Waals surface area contributed by atoms with E-state index in [2.05, 4.69) is 25.9 Å². The Morgan fingerprint density at radius 3 is 2.89 bits per heavy atom. The Balaban J connectivity index is 2.26. The summed E-state index contributed by atoms with van der Waals surface area (Å²) in [7, 11) is 0. The molecule has 0 amide bonds. The summed E-state index contributed by atoms with van der Waals surface area (Å²) in [5, 5.41) is 8.92. The number of halogens is 1. The lowest BCUT2D eigenvalue weighted by atomic mass is 10.3. The number of aromatic nitrogens is 3. The van der Waals surface area contributed by atoms with Crippen LogP contribution in [0.4, 0.5) is 0 Å². The van der Waals surface area contributed by atoms with Crippen molar-refractivity contribution in [1.82, 2.24) is 14.4 Å². The van der Waals surface area contributed by atoms with Crippen LogP contribution in [0.2, 0.25) is 0 Å². The Morgan fingerprint density at radius 1 is 1.39 bits per heavy atom. The molecule has 6 nitrogen and oxygen atoms in total. The molecule has 0 unspecified atom stereocenters. The minimum absolute atomic E-state index is 0.0550.